The molecule has 1 N–H and O–H groups in total. The highest BCUT2D eigenvalue weighted by Crippen LogP contribution is 2.19. The summed E-state index contributed by atoms with van der Waals surface area (Å²) >= 11 is 0. The van der Waals surface area contributed by atoms with E-state index in [2.05, 4.69) is 5.32 Å². The van der Waals surface area contributed by atoms with Gasteiger partial charge in [0.2, 0.25) is 17.7 Å². The number of hydrogen-bond donors (Lipinski definition) is 1. The molecule has 1 atom stereocenters. The van der Waals surface area contributed by atoms with Crippen LogP contribution in [0, 0.1) is 5.92 Å². The molecule has 0 saturated carbocycles. The monoisotopic (exact) mass is 415 g/mol. The van der Waals surface area contributed by atoms with E-state index >= 15 is 0 Å². The SMILES string of the molecule is COc1ccc(CCCNC(=O)[C@H]2CCC(=O)N(CCCN3CCCC3=O)C2)cc1. The first kappa shape index (κ1) is 22.1. The van der Waals surface area contributed by atoms with E-state index in [1.807, 2.05) is 29.2 Å². The van der Waals surface area contributed by atoms with Gasteiger partial charge in [0.25, 0.3) is 0 Å². The van der Waals surface area contributed by atoms with Crippen molar-refractivity contribution < 1.29 is 19.1 Å². The van der Waals surface area contributed by atoms with Gasteiger partial charge in [-0.25, -0.2) is 0 Å². The second-order valence-electron chi connectivity index (χ2n) is 8.16. The number of rotatable bonds is 10. The summed E-state index contributed by atoms with van der Waals surface area (Å²) in [7, 11) is 1.65. The van der Waals surface area contributed by atoms with Crippen molar-refractivity contribution in [3.63, 3.8) is 0 Å². The highest BCUT2D eigenvalue weighted by atomic mass is 16.5. The van der Waals surface area contributed by atoms with Crippen molar-refractivity contribution in [1.82, 2.24) is 15.1 Å². The number of likely N-dealkylation sites (tertiary alicyclic amines) is 2. The Labute approximate surface area is 178 Å². The van der Waals surface area contributed by atoms with Crippen LogP contribution in [0.5, 0.6) is 5.75 Å². The van der Waals surface area contributed by atoms with Crippen LogP contribution in [0.4, 0.5) is 0 Å². The van der Waals surface area contributed by atoms with E-state index in [0.717, 1.165) is 38.0 Å². The van der Waals surface area contributed by atoms with E-state index in [1.165, 1.54) is 5.56 Å². The summed E-state index contributed by atoms with van der Waals surface area (Å²) in [6, 6.07) is 7.98. The zero-order valence-corrected chi connectivity index (χ0v) is 17.9. The molecule has 7 heteroatoms. The van der Waals surface area contributed by atoms with E-state index in [-0.39, 0.29) is 23.6 Å². The van der Waals surface area contributed by atoms with Crippen molar-refractivity contribution in [2.45, 2.75) is 44.9 Å². The second kappa shape index (κ2) is 11.0. The maximum atomic E-state index is 12.6. The molecule has 2 aliphatic rings. The molecule has 7 nitrogen and oxygen atoms in total. The number of nitrogens with one attached hydrogen (secondary N) is 1. The van der Waals surface area contributed by atoms with E-state index in [9.17, 15) is 14.4 Å². The van der Waals surface area contributed by atoms with Gasteiger partial charge in [0.1, 0.15) is 5.75 Å². The van der Waals surface area contributed by atoms with E-state index < -0.39 is 0 Å². The lowest BCUT2D eigenvalue weighted by Gasteiger charge is -2.32. The molecule has 1 aromatic carbocycles. The highest BCUT2D eigenvalue weighted by Gasteiger charge is 2.30. The number of amides is 3. The quantitative estimate of drug-likeness (QED) is 0.593. The third-order valence-electron chi connectivity index (χ3n) is 6.00. The number of nitrogens with zero attached hydrogens (tertiary/aromatic N) is 2. The fraction of sp³-hybridized carbons (Fsp3) is 0.609. The standard InChI is InChI=1S/C23H33N3O4/c1-30-20-10-7-18(8-11-20)5-2-13-24-23(29)19-9-12-22(28)26(17-19)16-4-15-25-14-3-6-21(25)27/h7-8,10-11,19H,2-6,9,12-17H2,1H3,(H,24,29)/t19-/m0/s1. The molecule has 3 amide bonds. The second-order valence-corrected chi connectivity index (χ2v) is 8.16. The lowest BCUT2D eigenvalue weighted by atomic mass is 9.96. The predicted octanol–water partition coefficient (Wildman–Crippen LogP) is 2.00. The first-order chi connectivity index (χ1) is 14.6. The predicted molar refractivity (Wildman–Crippen MR) is 114 cm³/mol. The fourth-order valence-electron chi connectivity index (χ4n) is 4.18. The Morgan fingerprint density at radius 3 is 2.50 bits per heavy atom. The molecule has 0 aromatic heterocycles. The number of benzene rings is 1. The smallest absolute Gasteiger partial charge is 0.224 e. The van der Waals surface area contributed by atoms with Crippen LogP contribution in [0.2, 0.25) is 0 Å². The van der Waals surface area contributed by atoms with Crippen molar-refractivity contribution in [3.05, 3.63) is 29.8 Å². The molecule has 3 rings (SSSR count). The van der Waals surface area contributed by atoms with Gasteiger partial charge in [0.15, 0.2) is 0 Å². The molecule has 30 heavy (non-hydrogen) atoms. The van der Waals surface area contributed by atoms with Crippen molar-refractivity contribution in [1.29, 1.82) is 0 Å². The largest absolute Gasteiger partial charge is 0.497 e. The number of aryl methyl sites for hydroxylation is 1. The molecular weight excluding hydrogens is 382 g/mol. The number of carbonyl (C=O) groups is 3. The van der Waals surface area contributed by atoms with Gasteiger partial charge < -0.3 is 19.9 Å². The van der Waals surface area contributed by atoms with Gasteiger partial charge in [0.05, 0.1) is 13.0 Å². The summed E-state index contributed by atoms with van der Waals surface area (Å²) in [6.45, 7) is 3.26. The lowest BCUT2D eigenvalue weighted by Crippen LogP contribution is -2.46. The lowest BCUT2D eigenvalue weighted by molar-refractivity contribution is -0.138. The third-order valence-corrected chi connectivity index (χ3v) is 6.00. The molecular formula is C23H33N3O4. The van der Waals surface area contributed by atoms with Gasteiger partial charge in [-0.05, 0) is 49.8 Å². The third kappa shape index (κ3) is 6.21. The Hall–Kier alpha value is -2.57. The first-order valence-corrected chi connectivity index (χ1v) is 11.0. The summed E-state index contributed by atoms with van der Waals surface area (Å²) in [5, 5.41) is 3.03. The van der Waals surface area contributed by atoms with Crippen LogP contribution in [0.15, 0.2) is 24.3 Å². The Kier molecular flexibility index (Phi) is 8.11. The zero-order valence-electron chi connectivity index (χ0n) is 17.9. The fourth-order valence-corrected chi connectivity index (χ4v) is 4.18. The van der Waals surface area contributed by atoms with Crippen LogP contribution in [0.25, 0.3) is 0 Å². The summed E-state index contributed by atoms with van der Waals surface area (Å²) < 4.78 is 5.16. The molecule has 164 valence electrons. The average Bonchev–Trinajstić information content (AvgIpc) is 3.17. The van der Waals surface area contributed by atoms with Crippen LogP contribution in [0.3, 0.4) is 0 Å². The van der Waals surface area contributed by atoms with Gasteiger partial charge in [-0.2, -0.15) is 0 Å². The van der Waals surface area contributed by atoms with Gasteiger partial charge in [-0.1, -0.05) is 12.1 Å². The summed E-state index contributed by atoms with van der Waals surface area (Å²) in [4.78, 5) is 40.1. The summed E-state index contributed by atoms with van der Waals surface area (Å²) in [5.74, 6) is 1.07. The van der Waals surface area contributed by atoms with Gasteiger partial charge >= 0.3 is 0 Å². The topological polar surface area (TPSA) is 79.0 Å². The molecule has 0 radical (unpaired) electrons. The molecule has 0 bridgehead atoms. The molecule has 0 spiro atoms. The van der Waals surface area contributed by atoms with Crippen molar-refractivity contribution in [2.24, 2.45) is 5.92 Å². The summed E-state index contributed by atoms with van der Waals surface area (Å²) in [5.41, 5.74) is 1.22. The minimum absolute atomic E-state index is 0.0388. The number of methoxy groups -OCH3 is 1. The van der Waals surface area contributed by atoms with Crippen molar-refractivity contribution in [2.75, 3.05) is 39.8 Å². The minimum atomic E-state index is -0.142. The molecule has 0 unspecified atom stereocenters. The Bertz CT molecular complexity index is 734. The summed E-state index contributed by atoms with van der Waals surface area (Å²) in [6.07, 6.45) is 5.15. The number of carbonyl (C=O) groups excluding carboxylic acids is 3. The molecule has 1 aromatic rings. The Balaban J connectivity index is 1.35. The van der Waals surface area contributed by atoms with Crippen LogP contribution in [-0.2, 0) is 20.8 Å². The molecule has 2 fully saturated rings. The Morgan fingerprint density at radius 1 is 1.07 bits per heavy atom. The van der Waals surface area contributed by atoms with Crippen LogP contribution < -0.4 is 10.1 Å². The zero-order chi connectivity index (χ0) is 21.3. The van der Waals surface area contributed by atoms with Gasteiger partial charge in [-0.15, -0.1) is 0 Å². The number of hydrogen-bond acceptors (Lipinski definition) is 4. The number of ether oxygens (including phenoxy) is 1. The van der Waals surface area contributed by atoms with Gasteiger partial charge in [-0.3, -0.25) is 14.4 Å². The normalized spacial score (nSPS) is 19.3. The van der Waals surface area contributed by atoms with Crippen LogP contribution >= 0.6 is 0 Å². The molecule has 2 aliphatic heterocycles. The van der Waals surface area contributed by atoms with Gasteiger partial charge in [0, 0.05) is 45.6 Å². The molecule has 2 saturated heterocycles. The van der Waals surface area contributed by atoms with Crippen molar-refractivity contribution >= 4 is 17.7 Å². The maximum absolute atomic E-state index is 12.6. The molecule has 2 heterocycles. The van der Waals surface area contributed by atoms with Crippen LogP contribution in [0.1, 0.15) is 44.1 Å². The first-order valence-electron chi connectivity index (χ1n) is 11.0. The van der Waals surface area contributed by atoms with E-state index in [0.29, 0.717) is 45.4 Å². The maximum Gasteiger partial charge on any atom is 0.224 e. The minimum Gasteiger partial charge on any atom is -0.497 e. The van der Waals surface area contributed by atoms with E-state index in [1.54, 1.807) is 12.0 Å². The van der Waals surface area contributed by atoms with Crippen LogP contribution in [-0.4, -0.2) is 67.4 Å². The number of piperidine rings is 1. The molecule has 0 aliphatic carbocycles. The van der Waals surface area contributed by atoms with E-state index in [4.69, 9.17) is 4.74 Å². The average molecular weight is 416 g/mol. The Morgan fingerprint density at radius 2 is 1.80 bits per heavy atom. The highest BCUT2D eigenvalue weighted by molar-refractivity contribution is 5.83. The van der Waals surface area contributed by atoms with Crippen molar-refractivity contribution in [3.8, 4) is 5.75 Å².